The second-order valence-corrected chi connectivity index (χ2v) is 7.32. The highest BCUT2D eigenvalue weighted by Gasteiger charge is 2.33. The summed E-state index contributed by atoms with van der Waals surface area (Å²) in [6.07, 6.45) is -0.333. The molecule has 0 aliphatic heterocycles. The Balaban J connectivity index is 1.92. The summed E-state index contributed by atoms with van der Waals surface area (Å²) in [5, 5.41) is 25.1. The second-order valence-electron chi connectivity index (χ2n) is 7.32. The van der Waals surface area contributed by atoms with Crippen LogP contribution in [0.2, 0.25) is 0 Å². The zero-order valence-electron chi connectivity index (χ0n) is 17.8. The zero-order valence-corrected chi connectivity index (χ0v) is 17.8. The summed E-state index contributed by atoms with van der Waals surface area (Å²) in [5.74, 6) is -3.63. The lowest BCUT2D eigenvalue weighted by Gasteiger charge is -2.25. The summed E-state index contributed by atoms with van der Waals surface area (Å²) in [5.41, 5.74) is 0.430. The van der Waals surface area contributed by atoms with E-state index in [1.807, 2.05) is 24.3 Å². The number of carbonyl (C=O) groups excluding carboxylic acids is 2. The van der Waals surface area contributed by atoms with Crippen molar-refractivity contribution < 1.29 is 29.2 Å². The number of nitrogens with one attached hydrogen (secondary N) is 1. The maximum Gasteiger partial charge on any atom is 0.326 e. The van der Waals surface area contributed by atoms with E-state index < -0.39 is 34.7 Å². The first-order chi connectivity index (χ1) is 15.8. The average Bonchev–Trinajstić information content (AvgIpc) is 2.81. The molecule has 0 aliphatic carbocycles. The molecule has 0 saturated carbocycles. The molecule has 9 nitrogen and oxygen atoms in total. The molecule has 0 aliphatic rings. The number of hydrogen-bond donors (Lipinski definition) is 2. The smallest absolute Gasteiger partial charge is 0.326 e. The Kier molecular flexibility index (Phi) is 7.34. The molecular formula is C24H22N2O7. The van der Waals surface area contributed by atoms with Crippen LogP contribution in [0.5, 0.6) is 0 Å². The summed E-state index contributed by atoms with van der Waals surface area (Å²) in [6, 6.07) is 16.1. The monoisotopic (exact) mass is 450 g/mol. The van der Waals surface area contributed by atoms with Crippen LogP contribution in [-0.4, -0.2) is 40.5 Å². The van der Waals surface area contributed by atoms with E-state index in [1.165, 1.54) is 24.3 Å². The van der Waals surface area contributed by atoms with Gasteiger partial charge in [0.1, 0.15) is 6.04 Å². The van der Waals surface area contributed by atoms with Crippen molar-refractivity contribution in [1.29, 1.82) is 0 Å². The highest BCUT2D eigenvalue weighted by atomic mass is 16.6. The largest absolute Gasteiger partial charge is 0.480 e. The van der Waals surface area contributed by atoms with E-state index in [0.717, 1.165) is 10.8 Å². The number of benzene rings is 3. The van der Waals surface area contributed by atoms with Crippen LogP contribution in [0.4, 0.5) is 5.69 Å². The first-order valence-corrected chi connectivity index (χ1v) is 10.2. The van der Waals surface area contributed by atoms with Crippen LogP contribution < -0.4 is 5.32 Å². The number of ether oxygens (including phenoxy) is 1. The van der Waals surface area contributed by atoms with Gasteiger partial charge in [0.05, 0.1) is 18.0 Å². The number of nitro benzene ring substituents is 1. The molecule has 0 spiro atoms. The number of nitro groups is 1. The number of hydrogen-bond acceptors (Lipinski definition) is 6. The van der Waals surface area contributed by atoms with Crippen LogP contribution >= 0.6 is 0 Å². The third kappa shape index (κ3) is 5.70. The van der Waals surface area contributed by atoms with E-state index in [2.05, 4.69) is 5.32 Å². The quantitative estimate of drug-likeness (QED) is 0.288. The molecule has 1 amide bonds. The molecule has 0 aromatic heterocycles. The van der Waals surface area contributed by atoms with Crippen molar-refractivity contribution >= 4 is 34.3 Å². The van der Waals surface area contributed by atoms with E-state index in [-0.39, 0.29) is 24.3 Å². The summed E-state index contributed by atoms with van der Waals surface area (Å²) in [7, 11) is 0. The van der Waals surface area contributed by atoms with Crippen LogP contribution in [0.15, 0.2) is 66.7 Å². The predicted molar refractivity (Wildman–Crippen MR) is 120 cm³/mol. The number of fused-ring (bicyclic) bond motifs is 1. The van der Waals surface area contributed by atoms with Crippen LogP contribution in [-0.2, 0) is 14.3 Å². The standard InChI is InChI=1S/C24H22N2O7/c1-2-33-21(27)14-20(16-9-11-19(12-10-16)26(31)32)22(24(29)30)25-23(28)18-8-7-15-5-3-4-6-17(15)13-18/h3-13,20,22H,2,14H2,1H3,(H,25,28)(H,29,30)/t20-,22-/m0/s1. The number of aliphatic carboxylic acids is 1. The fourth-order valence-electron chi connectivity index (χ4n) is 3.56. The van der Waals surface area contributed by atoms with Gasteiger partial charge in [0.25, 0.3) is 11.6 Å². The Morgan fingerprint density at radius 2 is 1.70 bits per heavy atom. The molecule has 0 saturated heterocycles. The molecule has 2 atom stereocenters. The number of nitrogens with zero attached hydrogens (tertiary/aromatic N) is 1. The zero-order chi connectivity index (χ0) is 24.0. The molecule has 0 fully saturated rings. The van der Waals surface area contributed by atoms with Crippen molar-refractivity contribution in [3.63, 3.8) is 0 Å². The van der Waals surface area contributed by atoms with Crippen molar-refractivity contribution in [3.05, 3.63) is 88.0 Å². The number of carboxylic acid groups (broad SMARTS) is 1. The molecule has 170 valence electrons. The Morgan fingerprint density at radius 3 is 2.30 bits per heavy atom. The minimum atomic E-state index is -1.48. The minimum absolute atomic E-state index is 0.104. The van der Waals surface area contributed by atoms with Crippen LogP contribution in [0, 0.1) is 10.1 Å². The Morgan fingerprint density at radius 1 is 1.03 bits per heavy atom. The topological polar surface area (TPSA) is 136 Å². The molecule has 0 heterocycles. The van der Waals surface area contributed by atoms with Gasteiger partial charge in [0.2, 0.25) is 0 Å². The van der Waals surface area contributed by atoms with Crippen molar-refractivity contribution in [3.8, 4) is 0 Å². The summed E-state index contributed by atoms with van der Waals surface area (Å²) in [6.45, 7) is 1.72. The molecule has 9 heteroatoms. The molecule has 2 N–H and O–H groups in total. The van der Waals surface area contributed by atoms with Gasteiger partial charge < -0.3 is 15.2 Å². The fraction of sp³-hybridized carbons (Fsp3) is 0.208. The SMILES string of the molecule is CCOC(=O)C[C@@H](c1ccc([N+](=O)[O-])cc1)[C@H](NC(=O)c1ccc2ccccc2c1)C(=O)O. The summed E-state index contributed by atoms with van der Waals surface area (Å²) >= 11 is 0. The van der Waals surface area contributed by atoms with Gasteiger partial charge in [-0.25, -0.2) is 4.79 Å². The molecule has 0 radical (unpaired) electrons. The van der Waals surface area contributed by atoms with Gasteiger partial charge in [-0.15, -0.1) is 0 Å². The van der Waals surface area contributed by atoms with Gasteiger partial charge in [0, 0.05) is 23.6 Å². The first-order valence-electron chi connectivity index (χ1n) is 10.2. The summed E-state index contributed by atoms with van der Waals surface area (Å²) < 4.78 is 4.97. The van der Waals surface area contributed by atoms with E-state index in [0.29, 0.717) is 5.56 Å². The second kappa shape index (κ2) is 10.4. The first kappa shape index (κ1) is 23.4. The predicted octanol–water partition coefficient (Wildman–Crippen LogP) is 3.67. The van der Waals surface area contributed by atoms with Gasteiger partial charge in [-0.2, -0.15) is 0 Å². The Labute approximate surface area is 189 Å². The lowest BCUT2D eigenvalue weighted by atomic mass is 9.88. The van der Waals surface area contributed by atoms with E-state index in [4.69, 9.17) is 4.74 Å². The normalized spacial score (nSPS) is 12.5. The molecule has 33 heavy (non-hydrogen) atoms. The van der Waals surface area contributed by atoms with Crippen LogP contribution in [0.3, 0.4) is 0 Å². The van der Waals surface area contributed by atoms with E-state index in [9.17, 15) is 29.6 Å². The maximum atomic E-state index is 12.9. The van der Waals surface area contributed by atoms with Crippen LogP contribution in [0.25, 0.3) is 10.8 Å². The average molecular weight is 450 g/mol. The lowest BCUT2D eigenvalue weighted by molar-refractivity contribution is -0.384. The molecule has 3 aromatic carbocycles. The molecular weight excluding hydrogens is 428 g/mol. The number of amides is 1. The third-order valence-corrected chi connectivity index (χ3v) is 5.19. The number of carbonyl (C=O) groups is 3. The molecule has 0 bridgehead atoms. The van der Waals surface area contributed by atoms with Crippen molar-refractivity contribution in [1.82, 2.24) is 5.32 Å². The number of carboxylic acids is 1. The number of rotatable bonds is 9. The highest BCUT2D eigenvalue weighted by Crippen LogP contribution is 2.27. The van der Waals surface area contributed by atoms with Crippen molar-refractivity contribution in [2.75, 3.05) is 6.61 Å². The summed E-state index contributed by atoms with van der Waals surface area (Å²) in [4.78, 5) is 47.6. The number of non-ortho nitro benzene ring substituents is 1. The van der Waals surface area contributed by atoms with Gasteiger partial charge in [-0.3, -0.25) is 19.7 Å². The van der Waals surface area contributed by atoms with Gasteiger partial charge in [0.15, 0.2) is 0 Å². The maximum absolute atomic E-state index is 12.9. The highest BCUT2D eigenvalue weighted by molar-refractivity contribution is 6.00. The molecule has 0 unspecified atom stereocenters. The molecule has 3 aromatic rings. The Bertz CT molecular complexity index is 1190. The van der Waals surface area contributed by atoms with E-state index in [1.54, 1.807) is 25.1 Å². The van der Waals surface area contributed by atoms with Crippen molar-refractivity contribution in [2.45, 2.75) is 25.3 Å². The lowest BCUT2D eigenvalue weighted by Crippen LogP contribution is -2.45. The number of esters is 1. The van der Waals surface area contributed by atoms with Crippen LogP contribution in [0.1, 0.15) is 35.2 Å². The Hall–Kier alpha value is -4.27. The third-order valence-electron chi connectivity index (χ3n) is 5.19. The fourth-order valence-corrected chi connectivity index (χ4v) is 3.56. The van der Waals surface area contributed by atoms with Gasteiger partial charge >= 0.3 is 11.9 Å². The molecule has 3 rings (SSSR count). The van der Waals surface area contributed by atoms with E-state index >= 15 is 0 Å². The van der Waals surface area contributed by atoms with Gasteiger partial charge in [-0.05, 0) is 35.4 Å². The van der Waals surface area contributed by atoms with Gasteiger partial charge in [-0.1, -0.05) is 42.5 Å². The minimum Gasteiger partial charge on any atom is -0.480 e. The van der Waals surface area contributed by atoms with Crippen molar-refractivity contribution in [2.24, 2.45) is 0 Å².